The van der Waals surface area contributed by atoms with Gasteiger partial charge < -0.3 is 10.1 Å². The van der Waals surface area contributed by atoms with Gasteiger partial charge in [0.1, 0.15) is 6.10 Å². The van der Waals surface area contributed by atoms with Gasteiger partial charge in [0.25, 0.3) is 0 Å². The van der Waals surface area contributed by atoms with Crippen molar-refractivity contribution in [2.75, 3.05) is 13.1 Å². The van der Waals surface area contributed by atoms with Crippen LogP contribution >= 0.6 is 11.3 Å². The molecule has 0 radical (unpaired) electrons. The van der Waals surface area contributed by atoms with Crippen LogP contribution in [0.15, 0.2) is 30.3 Å². The lowest BCUT2D eigenvalue weighted by molar-refractivity contribution is -0.142. The molecule has 0 bridgehead atoms. The molecule has 3 atom stereocenters. The normalized spacial score (nSPS) is 33.6. The average Bonchev–Trinajstić information content (AvgIpc) is 2.91. The predicted octanol–water partition coefficient (Wildman–Crippen LogP) is 4.51. The zero-order valence-corrected chi connectivity index (χ0v) is 13.4. The molecule has 2 nitrogen and oxygen atoms in total. The number of fused-ring (bicyclic) bond motifs is 1. The molecular weight excluding hydrogens is 278 g/mol. The van der Waals surface area contributed by atoms with Crippen LogP contribution in [-0.2, 0) is 4.74 Å². The molecule has 2 aliphatic rings. The maximum absolute atomic E-state index is 6.65. The molecule has 0 amide bonds. The number of thiophene rings is 1. The molecule has 1 aromatic heterocycles. The second-order valence-electron chi connectivity index (χ2n) is 6.81. The first-order valence-electron chi connectivity index (χ1n) is 8.11. The maximum atomic E-state index is 6.65. The fraction of sp³-hybridized carbons (Fsp3) is 0.556. The summed E-state index contributed by atoms with van der Waals surface area (Å²) in [5.41, 5.74) is 0.0801. The molecule has 3 unspecified atom stereocenters. The summed E-state index contributed by atoms with van der Waals surface area (Å²) in [7, 11) is 0. The van der Waals surface area contributed by atoms with Crippen molar-refractivity contribution < 1.29 is 4.74 Å². The van der Waals surface area contributed by atoms with Crippen molar-refractivity contribution in [2.45, 2.75) is 44.3 Å². The van der Waals surface area contributed by atoms with E-state index in [1.165, 1.54) is 40.6 Å². The summed E-state index contributed by atoms with van der Waals surface area (Å²) in [5.74, 6) is 0.793. The number of rotatable bonds is 1. The third-order valence-electron chi connectivity index (χ3n) is 4.98. The Balaban J connectivity index is 1.60. The first-order chi connectivity index (χ1) is 10.2. The van der Waals surface area contributed by atoms with Crippen LogP contribution in [0.4, 0.5) is 0 Å². The van der Waals surface area contributed by atoms with Crippen molar-refractivity contribution in [2.24, 2.45) is 5.92 Å². The standard InChI is InChI=1S/C18H23NOS/c1-13-5-4-8-18(10-13)12-19-11-15(20-18)17-9-14-6-2-3-7-16(14)21-17/h2-3,6-7,9,13,15,19H,4-5,8,10-12H2,1H3. The second-order valence-corrected chi connectivity index (χ2v) is 7.92. The van der Waals surface area contributed by atoms with Crippen molar-refractivity contribution in [3.05, 3.63) is 35.2 Å². The van der Waals surface area contributed by atoms with Crippen LogP contribution in [0.5, 0.6) is 0 Å². The number of hydrogen-bond donors (Lipinski definition) is 1. The number of nitrogens with one attached hydrogen (secondary N) is 1. The van der Waals surface area contributed by atoms with E-state index in [1.807, 2.05) is 11.3 Å². The molecule has 3 heteroatoms. The Labute approximate surface area is 130 Å². The van der Waals surface area contributed by atoms with Gasteiger partial charge in [0.2, 0.25) is 0 Å². The lowest BCUT2D eigenvalue weighted by atomic mass is 9.78. The summed E-state index contributed by atoms with van der Waals surface area (Å²) in [5, 5.41) is 4.99. The van der Waals surface area contributed by atoms with Gasteiger partial charge in [-0.3, -0.25) is 0 Å². The SMILES string of the molecule is CC1CCCC2(CNCC(c3cc4ccccc4s3)O2)C1. The Morgan fingerprint density at radius 3 is 3.10 bits per heavy atom. The second kappa shape index (κ2) is 5.38. The monoisotopic (exact) mass is 301 g/mol. The number of ether oxygens (including phenoxy) is 1. The lowest BCUT2D eigenvalue weighted by Crippen LogP contribution is -2.52. The van der Waals surface area contributed by atoms with Crippen LogP contribution < -0.4 is 5.32 Å². The fourth-order valence-corrected chi connectivity index (χ4v) is 5.11. The summed E-state index contributed by atoms with van der Waals surface area (Å²) in [4.78, 5) is 1.38. The summed E-state index contributed by atoms with van der Waals surface area (Å²) in [6, 6.07) is 11.0. The first-order valence-corrected chi connectivity index (χ1v) is 8.93. The summed E-state index contributed by atoms with van der Waals surface area (Å²) in [6.07, 6.45) is 5.31. The van der Waals surface area contributed by atoms with E-state index < -0.39 is 0 Å². The minimum atomic E-state index is 0.0801. The quantitative estimate of drug-likeness (QED) is 0.836. The minimum absolute atomic E-state index is 0.0801. The van der Waals surface area contributed by atoms with Crippen molar-refractivity contribution in [3.8, 4) is 0 Å². The van der Waals surface area contributed by atoms with Crippen molar-refractivity contribution in [1.82, 2.24) is 5.32 Å². The van der Waals surface area contributed by atoms with Gasteiger partial charge in [-0.2, -0.15) is 0 Å². The molecule has 2 aromatic rings. The number of hydrogen-bond acceptors (Lipinski definition) is 3. The fourth-order valence-electron chi connectivity index (χ4n) is 4.02. The molecule has 1 aliphatic heterocycles. The van der Waals surface area contributed by atoms with Crippen LogP contribution in [-0.4, -0.2) is 18.7 Å². The number of morpholine rings is 1. The van der Waals surface area contributed by atoms with Gasteiger partial charge in [-0.05, 0) is 36.3 Å². The topological polar surface area (TPSA) is 21.3 Å². The van der Waals surface area contributed by atoms with E-state index in [1.54, 1.807) is 0 Å². The van der Waals surface area contributed by atoms with Gasteiger partial charge in [0.05, 0.1) is 5.60 Å². The molecule has 4 rings (SSSR count). The maximum Gasteiger partial charge on any atom is 0.105 e. The summed E-state index contributed by atoms with van der Waals surface area (Å²) in [6.45, 7) is 4.34. The molecule has 112 valence electrons. The van der Waals surface area contributed by atoms with Crippen LogP contribution in [0.2, 0.25) is 0 Å². The summed E-state index contributed by atoms with van der Waals surface area (Å²) < 4.78 is 8.02. The lowest BCUT2D eigenvalue weighted by Gasteiger charge is -2.45. The molecule has 1 saturated heterocycles. The molecular formula is C18H23NOS. The zero-order valence-electron chi connectivity index (χ0n) is 12.6. The van der Waals surface area contributed by atoms with Gasteiger partial charge in [0.15, 0.2) is 0 Å². The highest BCUT2D eigenvalue weighted by atomic mass is 32.1. The Bertz CT molecular complexity index is 600. The molecule has 1 spiro atoms. The van der Waals surface area contributed by atoms with Crippen LogP contribution in [0.25, 0.3) is 10.1 Å². The van der Waals surface area contributed by atoms with Crippen molar-refractivity contribution >= 4 is 21.4 Å². The molecule has 2 heterocycles. The Morgan fingerprint density at radius 2 is 2.24 bits per heavy atom. The van der Waals surface area contributed by atoms with E-state index >= 15 is 0 Å². The molecule has 1 aromatic carbocycles. The van der Waals surface area contributed by atoms with Gasteiger partial charge >= 0.3 is 0 Å². The molecule has 1 saturated carbocycles. The summed E-state index contributed by atoms with van der Waals surface area (Å²) >= 11 is 1.89. The van der Waals surface area contributed by atoms with E-state index in [9.17, 15) is 0 Å². The Hall–Kier alpha value is -0.900. The highest BCUT2D eigenvalue weighted by Crippen LogP contribution is 2.42. The van der Waals surface area contributed by atoms with Crippen LogP contribution in [0, 0.1) is 5.92 Å². The molecule has 21 heavy (non-hydrogen) atoms. The largest absolute Gasteiger partial charge is 0.364 e. The van der Waals surface area contributed by atoms with E-state index in [4.69, 9.17) is 4.74 Å². The van der Waals surface area contributed by atoms with E-state index in [0.717, 1.165) is 19.0 Å². The van der Waals surface area contributed by atoms with E-state index in [0.29, 0.717) is 0 Å². The zero-order chi connectivity index (χ0) is 14.3. The van der Waals surface area contributed by atoms with Crippen LogP contribution in [0.3, 0.4) is 0 Å². The van der Waals surface area contributed by atoms with Crippen molar-refractivity contribution in [3.63, 3.8) is 0 Å². The Morgan fingerprint density at radius 1 is 1.33 bits per heavy atom. The predicted molar refractivity (Wildman–Crippen MR) is 88.9 cm³/mol. The Kier molecular flexibility index (Phi) is 3.52. The molecule has 1 N–H and O–H groups in total. The van der Waals surface area contributed by atoms with E-state index in [2.05, 4.69) is 42.6 Å². The smallest absolute Gasteiger partial charge is 0.105 e. The van der Waals surface area contributed by atoms with Crippen LogP contribution in [0.1, 0.15) is 43.6 Å². The molecule has 2 fully saturated rings. The number of benzene rings is 1. The highest BCUT2D eigenvalue weighted by Gasteiger charge is 2.41. The first kappa shape index (κ1) is 13.7. The third-order valence-corrected chi connectivity index (χ3v) is 6.19. The van der Waals surface area contributed by atoms with Gasteiger partial charge in [-0.25, -0.2) is 0 Å². The highest BCUT2D eigenvalue weighted by molar-refractivity contribution is 7.19. The molecule has 1 aliphatic carbocycles. The minimum Gasteiger partial charge on any atom is -0.364 e. The van der Waals surface area contributed by atoms with Gasteiger partial charge in [-0.15, -0.1) is 11.3 Å². The third kappa shape index (κ3) is 2.63. The van der Waals surface area contributed by atoms with Crippen molar-refractivity contribution in [1.29, 1.82) is 0 Å². The van der Waals surface area contributed by atoms with Gasteiger partial charge in [0, 0.05) is 22.7 Å². The van der Waals surface area contributed by atoms with E-state index in [-0.39, 0.29) is 11.7 Å². The average molecular weight is 301 g/mol. The van der Waals surface area contributed by atoms with Gasteiger partial charge in [-0.1, -0.05) is 38.0 Å².